The molecular formula is C13H18O3. The molecule has 1 aromatic rings. The molecule has 1 N–H and O–H groups in total. The molecule has 1 atom stereocenters. The van der Waals surface area contributed by atoms with Crippen molar-refractivity contribution in [1.82, 2.24) is 0 Å². The van der Waals surface area contributed by atoms with Crippen LogP contribution in [0.4, 0.5) is 0 Å². The maximum Gasteiger partial charge on any atom is 0.308 e. The lowest BCUT2D eigenvalue weighted by Crippen LogP contribution is -2.10. The van der Waals surface area contributed by atoms with Gasteiger partial charge in [0.1, 0.15) is 0 Å². The second kappa shape index (κ2) is 6.28. The van der Waals surface area contributed by atoms with Crippen LogP contribution in [0.2, 0.25) is 0 Å². The van der Waals surface area contributed by atoms with Gasteiger partial charge < -0.3 is 9.84 Å². The Morgan fingerprint density at radius 3 is 2.56 bits per heavy atom. The molecule has 0 heterocycles. The van der Waals surface area contributed by atoms with Gasteiger partial charge in [-0.15, -0.1) is 0 Å². The molecule has 0 bridgehead atoms. The van der Waals surface area contributed by atoms with E-state index in [0.717, 1.165) is 17.5 Å². The maximum atomic E-state index is 11.3. The number of carbonyl (C=O) groups excluding carboxylic acids is 1. The van der Waals surface area contributed by atoms with E-state index >= 15 is 0 Å². The lowest BCUT2D eigenvalue weighted by atomic mass is 10.1. The van der Waals surface area contributed by atoms with E-state index in [1.54, 1.807) is 0 Å². The third-order valence-corrected chi connectivity index (χ3v) is 2.29. The number of esters is 1. The summed E-state index contributed by atoms with van der Waals surface area (Å²) in [5.41, 5.74) is 1.88. The monoisotopic (exact) mass is 222 g/mol. The predicted molar refractivity (Wildman–Crippen MR) is 62.0 cm³/mol. The Kier molecular flexibility index (Phi) is 4.99. The van der Waals surface area contributed by atoms with E-state index in [0.29, 0.717) is 6.61 Å². The van der Waals surface area contributed by atoms with Gasteiger partial charge in [-0.25, -0.2) is 0 Å². The zero-order valence-electron chi connectivity index (χ0n) is 9.77. The van der Waals surface area contributed by atoms with Gasteiger partial charge in [0, 0.05) is 0 Å². The average Bonchev–Trinajstić information content (AvgIpc) is 2.27. The topological polar surface area (TPSA) is 46.5 Å². The fourth-order valence-electron chi connectivity index (χ4n) is 1.34. The number of hydrogen-bond acceptors (Lipinski definition) is 3. The normalized spacial score (nSPS) is 12.2. The Bertz CT molecular complexity index is 330. The van der Waals surface area contributed by atoms with Crippen LogP contribution in [0.25, 0.3) is 0 Å². The summed E-state index contributed by atoms with van der Waals surface area (Å²) in [6.07, 6.45) is 0.0417. The molecule has 3 heteroatoms. The van der Waals surface area contributed by atoms with Crippen LogP contribution in [0, 0.1) is 6.92 Å². The molecule has 88 valence electrons. The van der Waals surface area contributed by atoms with E-state index in [-0.39, 0.29) is 12.4 Å². The lowest BCUT2D eigenvalue weighted by Gasteiger charge is -2.10. The van der Waals surface area contributed by atoms with Crippen molar-refractivity contribution in [3.05, 3.63) is 35.4 Å². The van der Waals surface area contributed by atoms with Gasteiger partial charge >= 0.3 is 5.97 Å². The van der Waals surface area contributed by atoms with Crippen molar-refractivity contribution in [2.75, 3.05) is 6.61 Å². The minimum atomic E-state index is -0.773. The first kappa shape index (κ1) is 12.7. The minimum absolute atomic E-state index is 0.0169. The summed E-state index contributed by atoms with van der Waals surface area (Å²) in [6.45, 7) is 4.33. The van der Waals surface area contributed by atoms with Crippen molar-refractivity contribution in [3.63, 3.8) is 0 Å². The summed E-state index contributed by atoms with van der Waals surface area (Å²) in [7, 11) is 0. The maximum absolute atomic E-state index is 11.3. The van der Waals surface area contributed by atoms with Gasteiger partial charge in [0.25, 0.3) is 0 Å². The highest BCUT2D eigenvalue weighted by Crippen LogP contribution is 2.17. The fourth-order valence-corrected chi connectivity index (χ4v) is 1.34. The summed E-state index contributed by atoms with van der Waals surface area (Å²) in [5, 5.41) is 9.78. The second-order valence-electron chi connectivity index (χ2n) is 3.85. The number of aryl methyl sites for hydroxylation is 1. The molecule has 0 aliphatic rings. The van der Waals surface area contributed by atoms with Gasteiger partial charge in [0.05, 0.1) is 19.1 Å². The molecule has 0 aromatic heterocycles. The molecule has 0 aliphatic heterocycles. The van der Waals surface area contributed by atoms with Crippen molar-refractivity contribution in [3.8, 4) is 0 Å². The number of carbonyl (C=O) groups is 1. The van der Waals surface area contributed by atoms with E-state index in [9.17, 15) is 9.90 Å². The van der Waals surface area contributed by atoms with E-state index < -0.39 is 6.10 Å². The quantitative estimate of drug-likeness (QED) is 0.778. The van der Waals surface area contributed by atoms with Crippen LogP contribution in [-0.2, 0) is 9.53 Å². The minimum Gasteiger partial charge on any atom is -0.466 e. The molecule has 1 unspecified atom stereocenters. The number of hydrogen-bond donors (Lipinski definition) is 1. The van der Waals surface area contributed by atoms with Crippen molar-refractivity contribution in [2.24, 2.45) is 0 Å². The third kappa shape index (κ3) is 4.03. The third-order valence-electron chi connectivity index (χ3n) is 2.29. The molecule has 0 saturated carbocycles. The van der Waals surface area contributed by atoms with E-state index in [2.05, 4.69) is 0 Å². The van der Waals surface area contributed by atoms with Crippen LogP contribution in [-0.4, -0.2) is 17.7 Å². The molecule has 3 nitrogen and oxygen atoms in total. The first-order valence-electron chi connectivity index (χ1n) is 5.53. The zero-order valence-corrected chi connectivity index (χ0v) is 9.77. The largest absolute Gasteiger partial charge is 0.466 e. The molecule has 0 fully saturated rings. The van der Waals surface area contributed by atoms with Crippen LogP contribution < -0.4 is 0 Å². The van der Waals surface area contributed by atoms with Gasteiger partial charge in [-0.1, -0.05) is 36.8 Å². The number of benzene rings is 1. The Labute approximate surface area is 96.1 Å². The number of aliphatic hydroxyl groups is 1. The van der Waals surface area contributed by atoms with Crippen LogP contribution in [0.3, 0.4) is 0 Å². The smallest absolute Gasteiger partial charge is 0.308 e. The molecule has 1 aromatic carbocycles. The summed E-state index contributed by atoms with van der Waals surface area (Å²) in [5.74, 6) is -0.352. The first-order chi connectivity index (χ1) is 7.63. The van der Waals surface area contributed by atoms with E-state index in [1.807, 2.05) is 38.1 Å². The highest BCUT2D eigenvalue weighted by Gasteiger charge is 2.13. The summed E-state index contributed by atoms with van der Waals surface area (Å²) in [6, 6.07) is 7.48. The second-order valence-corrected chi connectivity index (χ2v) is 3.85. The van der Waals surface area contributed by atoms with Crippen LogP contribution in [0.5, 0.6) is 0 Å². The van der Waals surface area contributed by atoms with E-state index in [1.165, 1.54) is 0 Å². The summed E-state index contributed by atoms with van der Waals surface area (Å²) >= 11 is 0. The SMILES string of the molecule is CCCOC(=O)CC(O)c1ccc(C)cc1. The number of ether oxygens (including phenoxy) is 1. The first-order valence-corrected chi connectivity index (χ1v) is 5.53. The Hall–Kier alpha value is -1.35. The highest BCUT2D eigenvalue weighted by molar-refractivity contribution is 5.70. The molecule has 0 spiro atoms. The van der Waals surface area contributed by atoms with Gasteiger partial charge in [0.15, 0.2) is 0 Å². The fraction of sp³-hybridized carbons (Fsp3) is 0.462. The molecule has 0 saturated heterocycles. The molecular weight excluding hydrogens is 204 g/mol. The van der Waals surface area contributed by atoms with Gasteiger partial charge in [-0.05, 0) is 18.9 Å². The Balaban J connectivity index is 2.48. The molecule has 16 heavy (non-hydrogen) atoms. The molecule has 0 aliphatic carbocycles. The number of aliphatic hydroxyl groups excluding tert-OH is 1. The van der Waals surface area contributed by atoms with Crippen molar-refractivity contribution < 1.29 is 14.6 Å². The standard InChI is InChI=1S/C13H18O3/c1-3-8-16-13(15)9-12(14)11-6-4-10(2)5-7-11/h4-7,12,14H,3,8-9H2,1-2H3. The van der Waals surface area contributed by atoms with E-state index in [4.69, 9.17) is 4.74 Å². The van der Waals surface area contributed by atoms with Crippen molar-refractivity contribution >= 4 is 5.97 Å². The number of rotatable bonds is 5. The van der Waals surface area contributed by atoms with Crippen LogP contribution >= 0.6 is 0 Å². The summed E-state index contributed by atoms with van der Waals surface area (Å²) < 4.78 is 4.91. The Morgan fingerprint density at radius 2 is 2.00 bits per heavy atom. The van der Waals surface area contributed by atoms with Gasteiger partial charge in [0.2, 0.25) is 0 Å². The van der Waals surface area contributed by atoms with Crippen LogP contribution in [0.1, 0.15) is 37.0 Å². The Morgan fingerprint density at radius 1 is 1.38 bits per heavy atom. The van der Waals surface area contributed by atoms with Crippen molar-refractivity contribution in [2.45, 2.75) is 32.8 Å². The molecule has 1 rings (SSSR count). The predicted octanol–water partition coefficient (Wildman–Crippen LogP) is 2.37. The van der Waals surface area contributed by atoms with Crippen molar-refractivity contribution in [1.29, 1.82) is 0 Å². The highest BCUT2D eigenvalue weighted by atomic mass is 16.5. The molecule has 0 amide bonds. The average molecular weight is 222 g/mol. The summed E-state index contributed by atoms with van der Waals surface area (Å²) in [4.78, 5) is 11.3. The van der Waals surface area contributed by atoms with Gasteiger partial charge in [-0.2, -0.15) is 0 Å². The molecule has 0 radical (unpaired) electrons. The lowest BCUT2D eigenvalue weighted by molar-refractivity contribution is -0.146. The van der Waals surface area contributed by atoms with Gasteiger partial charge in [-0.3, -0.25) is 4.79 Å². The van der Waals surface area contributed by atoms with Crippen LogP contribution in [0.15, 0.2) is 24.3 Å². The zero-order chi connectivity index (χ0) is 12.0.